The maximum atomic E-state index is 12.7. The summed E-state index contributed by atoms with van der Waals surface area (Å²) in [4.78, 5) is 51.2. The Morgan fingerprint density at radius 3 is 2.33 bits per heavy atom. The molecule has 0 radical (unpaired) electrons. The predicted molar refractivity (Wildman–Crippen MR) is 100 cm³/mol. The third-order valence-electron chi connectivity index (χ3n) is 4.59. The molecule has 0 saturated heterocycles. The summed E-state index contributed by atoms with van der Waals surface area (Å²) in [6.07, 6.45) is 3.01. The molecule has 0 unspecified atom stereocenters. The van der Waals surface area contributed by atoms with Crippen LogP contribution in [0.25, 0.3) is 0 Å². The fourth-order valence-electron chi connectivity index (χ4n) is 2.93. The minimum Gasteiger partial charge on any atom is -0.451 e. The van der Waals surface area contributed by atoms with Crippen LogP contribution >= 0.6 is 11.8 Å². The lowest BCUT2D eigenvalue weighted by atomic mass is 10.1. The molecule has 8 heteroatoms. The molecule has 0 aromatic heterocycles. The molecule has 0 bridgehead atoms. The van der Waals surface area contributed by atoms with Crippen LogP contribution in [0.2, 0.25) is 0 Å². The number of benzene rings is 1. The number of ether oxygens (including phenoxy) is 1. The van der Waals surface area contributed by atoms with Gasteiger partial charge in [-0.3, -0.25) is 19.3 Å². The molecular weight excluding hydrogens is 368 g/mol. The van der Waals surface area contributed by atoms with Crippen molar-refractivity contribution in [3.63, 3.8) is 0 Å². The van der Waals surface area contributed by atoms with Crippen molar-refractivity contribution in [3.8, 4) is 0 Å². The van der Waals surface area contributed by atoms with Crippen molar-refractivity contribution in [2.75, 3.05) is 12.0 Å². The number of imide groups is 1. The van der Waals surface area contributed by atoms with E-state index in [0.29, 0.717) is 5.75 Å². The predicted octanol–water partition coefficient (Wildman–Crippen LogP) is 1.61. The van der Waals surface area contributed by atoms with Gasteiger partial charge in [-0.1, -0.05) is 12.1 Å². The van der Waals surface area contributed by atoms with E-state index in [1.165, 1.54) is 18.7 Å². The molecular formula is C19H22N2O5S. The molecule has 1 heterocycles. The summed E-state index contributed by atoms with van der Waals surface area (Å²) in [6.45, 7) is 1.49. The minimum atomic E-state index is -1.05. The highest BCUT2D eigenvalue weighted by Crippen LogP contribution is 2.27. The van der Waals surface area contributed by atoms with E-state index >= 15 is 0 Å². The van der Waals surface area contributed by atoms with Crippen LogP contribution in [0, 0.1) is 0 Å². The molecule has 1 saturated carbocycles. The maximum Gasteiger partial charge on any atom is 0.330 e. The first-order chi connectivity index (χ1) is 12.9. The molecule has 2 aliphatic rings. The number of esters is 1. The van der Waals surface area contributed by atoms with Gasteiger partial charge in [0.2, 0.25) is 0 Å². The quantitative estimate of drug-likeness (QED) is 0.536. The van der Waals surface area contributed by atoms with Crippen molar-refractivity contribution < 1.29 is 23.9 Å². The van der Waals surface area contributed by atoms with Gasteiger partial charge in [0.25, 0.3) is 17.7 Å². The number of hydrogen-bond acceptors (Lipinski definition) is 6. The van der Waals surface area contributed by atoms with Gasteiger partial charge in [0.1, 0.15) is 6.04 Å². The molecule has 1 aliphatic heterocycles. The summed E-state index contributed by atoms with van der Waals surface area (Å²) in [5, 5.41) is 2.77. The van der Waals surface area contributed by atoms with Crippen LogP contribution < -0.4 is 5.32 Å². The van der Waals surface area contributed by atoms with Crippen molar-refractivity contribution >= 4 is 35.5 Å². The Kier molecular flexibility index (Phi) is 5.84. The van der Waals surface area contributed by atoms with Gasteiger partial charge in [0.05, 0.1) is 11.1 Å². The number of thioether (sulfide) groups is 1. The number of rotatable bonds is 8. The van der Waals surface area contributed by atoms with Crippen molar-refractivity contribution in [2.45, 2.75) is 44.4 Å². The molecule has 27 heavy (non-hydrogen) atoms. The normalized spacial score (nSPS) is 18.1. The standard InChI is InChI=1S/C19H22N2O5S/c1-11(16(22)20-12-7-8-12)26-19(25)15(9-10-27-2)21-17(23)13-5-3-4-6-14(13)18(21)24/h3-6,11-12,15H,7-10H2,1-2H3,(H,20,22)/t11-,15+/m1/s1. The average molecular weight is 390 g/mol. The lowest BCUT2D eigenvalue weighted by molar-refractivity contribution is -0.158. The number of hydrogen-bond donors (Lipinski definition) is 1. The summed E-state index contributed by atoms with van der Waals surface area (Å²) in [7, 11) is 0. The molecule has 144 valence electrons. The Hall–Kier alpha value is -2.35. The van der Waals surface area contributed by atoms with Gasteiger partial charge in [-0.05, 0) is 50.3 Å². The molecule has 1 aromatic rings. The van der Waals surface area contributed by atoms with E-state index in [1.807, 2.05) is 6.26 Å². The van der Waals surface area contributed by atoms with Gasteiger partial charge in [-0.15, -0.1) is 0 Å². The molecule has 1 fully saturated rings. The topological polar surface area (TPSA) is 92.8 Å². The highest BCUT2D eigenvalue weighted by molar-refractivity contribution is 7.98. The van der Waals surface area contributed by atoms with E-state index in [0.717, 1.165) is 17.7 Å². The van der Waals surface area contributed by atoms with E-state index in [-0.39, 0.29) is 29.5 Å². The Balaban J connectivity index is 1.75. The molecule has 3 amide bonds. The van der Waals surface area contributed by atoms with Crippen molar-refractivity contribution in [2.24, 2.45) is 0 Å². The lowest BCUT2D eigenvalue weighted by Crippen LogP contribution is -2.48. The van der Waals surface area contributed by atoms with Crippen LogP contribution in [-0.2, 0) is 14.3 Å². The van der Waals surface area contributed by atoms with Crippen LogP contribution in [-0.4, -0.2) is 58.8 Å². The number of carbonyl (C=O) groups is 4. The first kappa shape index (κ1) is 19.4. The summed E-state index contributed by atoms with van der Waals surface area (Å²) in [5.74, 6) is -1.55. The zero-order valence-corrected chi connectivity index (χ0v) is 16.1. The average Bonchev–Trinajstić information content (AvgIpc) is 3.43. The molecule has 7 nitrogen and oxygen atoms in total. The van der Waals surface area contributed by atoms with Crippen LogP contribution in [0.3, 0.4) is 0 Å². The van der Waals surface area contributed by atoms with E-state index in [9.17, 15) is 19.2 Å². The van der Waals surface area contributed by atoms with Crippen LogP contribution in [0.4, 0.5) is 0 Å². The zero-order chi connectivity index (χ0) is 19.6. The molecule has 1 aromatic carbocycles. The highest BCUT2D eigenvalue weighted by Gasteiger charge is 2.43. The second kappa shape index (κ2) is 8.12. The van der Waals surface area contributed by atoms with Gasteiger partial charge in [-0.25, -0.2) is 4.79 Å². The molecule has 3 rings (SSSR count). The second-order valence-corrected chi connectivity index (χ2v) is 7.67. The van der Waals surface area contributed by atoms with Crippen LogP contribution in [0.5, 0.6) is 0 Å². The van der Waals surface area contributed by atoms with Gasteiger partial charge in [-0.2, -0.15) is 11.8 Å². The molecule has 1 aliphatic carbocycles. The van der Waals surface area contributed by atoms with Gasteiger partial charge in [0.15, 0.2) is 6.10 Å². The number of fused-ring (bicyclic) bond motifs is 1. The summed E-state index contributed by atoms with van der Waals surface area (Å²) < 4.78 is 5.30. The van der Waals surface area contributed by atoms with E-state index in [1.54, 1.807) is 24.3 Å². The summed E-state index contributed by atoms with van der Waals surface area (Å²) in [6, 6.07) is 5.58. The third-order valence-corrected chi connectivity index (χ3v) is 5.23. The fraction of sp³-hybridized carbons (Fsp3) is 0.474. The number of carbonyl (C=O) groups excluding carboxylic acids is 4. The van der Waals surface area contributed by atoms with Crippen LogP contribution in [0.1, 0.15) is 46.9 Å². The molecule has 0 spiro atoms. The molecule has 2 atom stereocenters. The Bertz CT molecular complexity index is 742. The maximum absolute atomic E-state index is 12.7. The Labute approximate surface area is 161 Å². The second-order valence-electron chi connectivity index (χ2n) is 6.69. The van der Waals surface area contributed by atoms with Crippen molar-refractivity contribution in [1.29, 1.82) is 0 Å². The number of amides is 3. The van der Waals surface area contributed by atoms with Gasteiger partial charge >= 0.3 is 5.97 Å². The Morgan fingerprint density at radius 2 is 1.81 bits per heavy atom. The smallest absolute Gasteiger partial charge is 0.330 e. The highest BCUT2D eigenvalue weighted by atomic mass is 32.2. The van der Waals surface area contributed by atoms with Crippen molar-refractivity contribution in [3.05, 3.63) is 35.4 Å². The van der Waals surface area contributed by atoms with Gasteiger partial charge in [0, 0.05) is 6.04 Å². The van der Waals surface area contributed by atoms with E-state index in [2.05, 4.69) is 5.32 Å². The molecule has 1 N–H and O–H groups in total. The number of nitrogens with zero attached hydrogens (tertiary/aromatic N) is 1. The first-order valence-corrected chi connectivity index (χ1v) is 10.3. The lowest BCUT2D eigenvalue weighted by Gasteiger charge is -2.25. The monoisotopic (exact) mass is 390 g/mol. The summed E-state index contributed by atoms with van der Waals surface area (Å²) >= 11 is 1.50. The van der Waals surface area contributed by atoms with Gasteiger partial charge < -0.3 is 10.1 Å². The van der Waals surface area contributed by atoms with Crippen molar-refractivity contribution in [1.82, 2.24) is 10.2 Å². The Morgan fingerprint density at radius 1 is 1.22 bits per heavy atom. The summed E-state index contributed by atoms with van der Waals surface area (Å²) in [5.41, 5.74) is 0.563. The minimum absolute atomic E-state index is 0.155. The first-order valence-electron chi connectivity index (χ1n) is 8.90. The van der Waals surface area contributed by atoms with E-state index in [4.69, 9.17) is 4.74 Å². The zero-order valence-electron chi connectivity index (χ0n) is 15.3. The van der Waals surface area contributed by atoms with Crippen LogP contribution in [0.15, 0.2) is 24.3 Å². The van der Waals surface area contributed by atoms with E-state index < -0.39 is 29.9 Å². The third kappa shape index (κ3) is 4.16. The fourth-order valence-corrected chi connectivity index (χ4v) is 3.38. The number of nitrogens with one attached hydrogen (secondary N) is 1. The SMILES string of the molecule is CSCC[C@@H](C(=O)O[C@H](C)C(=O)NC1CC1)N1C(=O)c2ccccc2C1=O. The largest absolute Gasteiger partial charge is 0.451 e.